The molecule has 0 atom stereocenters. The van der Waals surface area contributed by atoms with E-state index >= 15 is 0 Å². The summed E-state index contributed by atoms with van der Waals surface area (Å²) in [6, 6.07) is 0. The molecular weight excluding hydrogens is 154 g/mol. The van der Waals surface area contributed by atoms with Gasteiger partial charge in [0.2, 0.25) is 0 Å². The molecule has 39 valence electrons. The van der Waals surface area contributed by atoms with Crippen LogP contribution in [0.2, 0.25) is 0 Å². The van der Waals surface area contributed by atoms with E-state index in [1.54, 1.807) is 0 Å². The van der Waals surface area contributed by atoms with Crippen LogP contribution in [0.25, 0.3) is 0 Å². The van der Waals surface area contributed by atoms with Crippen molar-refractivity contribution >= 4 is 18.0 Å². The summed E-state index contributed by atoms with van der Waals surface area (Å²) in [5, 5.41) is 7.37. The number of rotatable bonds is 0. The van der Waals surface area contributed by atoms with Crippen LogP contribution in [0.15, 0.2) is 0 Å². The Morgan fingerprint density at radius 1 is 1.83 bits per heavy atom. The van der Waals surface area contributed by atoms with E-state index in [9.17, 15) is 0 Å². The minimum atomic E-state index is -1.48. The monoisotopic (exact) mass is 155 g/mol. The molecule has 0 heterocycles. The average molecular weight is 155 g/mol. The summed E-state index contributed by atoms with van der Waals surface area (Å²) < 4.78 is 3.14. The van der Waals surface area contributed by atoms with Crippen molar-refractivity contribution in [3.63, 3.8) is 0 Å². The first-order valence-electron chi connectivity index (χ1n) is 0.786. The molecule has 6 heavy (non-hydrogen) atoms. The zero-order valence-corrected chi connectivity index (χ0v) is 4.27. The minimum Gasteiger partial charge on any atom is -0.449 e. The first-order valence-corrected chi connectivity index (χ1v) is 1.09. The maximum atomic E-state index is 9.01. The third-order valence-corrected chi connectivity index (χ3v) is 0.198. The molecule has 0 spiro atoms. The Kier molecular flexibility index (Phi) is 7.95. The van der Waals surface area contributed by atoms with Crippen LogP contribution in [0, 0.1) is 0 Å². The summed E-state index contributed by atoms with van der Waals surface area (Å²) in [5.74, 6) is 0. The maximum Gasteiger partial charge on any atom is 0.524 e. The van der Waals surface area contributed by atoms with Gasteiger partial charge in [0.15, 0.2) is 0 Å². The molecule has 0 amide bonds. The van der Waals surface area contributed by atoms with Gasteiger partial charge < -0.3 is 9.40 Å². The predicted octanol–water partition coefficient (Wildman–Crippen LogP) is 0.832. The van der Waals surface area contributed by atoms with Crippen molar-refractivity contribution in [1.29, 1.82) is 0 Å². The molecule has 0 rings (SSSR count). The fraction of sp³-hybridized carbons (Fsp3) is 0. The van der Waals surface area contributed by atoms with Gasteiger partial charge in [-0.2, -0.15) is 0 Å². The average Bonchev–Trinajstić information content (AvgIpc) is 1.38. The molecule has 0 aliphatic rings. The second-order valence-electron chi connectivity index (χ2n) is 0.343. The summed E-state index contributed by atoms with van der Waals surface area (Å²) in [7, 11) is 0. The van der Waals surface area contributed by atoms with Crippen molar-refractivity contribution in [1.82, 2.24) is 0 Å². The quantitative estimate of drug-likeness (QED) is 0.564. The molecule has 0 saturated carbocycles. The number of carboxylic acid groups (broad SMARTS) is 1. The molecule has 0 saturated heterocycles. The van der Waals surface area contributed by atoms with Gasteiger partial charge in [-0.15, -0.1) is 0 Å². The van der Waals surface area contributed by atoms with E-state index in [4.69, 9.17) is 9.90 Å². The maximum absolute atomic E-state index is 9.01. The molecule has 0 unspecified atom stereocenters. The van der Waals surface area contributed by atoms with Gasteiger partial charge in [0.05, 0.1) is 0 Å². The normalized spacial score (nSPS) is 5.50. The summed E-state index contributed by atoms with van der Waals surface area (Å²) in [4.78, 5) is 9.01. The molecule has 0 aliphatic carbocycles. The topological polar surface area (TPSA) is 46.5 Å². The van der Waals surface area contributed by atoms with E-state index in [0.29, 0.717) is 0 Å². The van der Waals surface area contributed by atoms with Crippen LogP contribution >= 0.6 is 11.9 Å². The molecule has 0 bridgehead atoms. The molecule has 1 radical (unpaired) electrons. The smallest absolute Gasteiger partial charge is 0.449 e. The van der Waals surface area contributed by atoms with Gasteiger partial charge in [0.25, 0.3) is 0 Å². The molecule has 0 fully saturated rings. The SMILES string of the molecule is O=C(O)OCl.[Co]. The predicted molar refractivity (Wildman–Crippen MR) is 15.0 cm³/mol. The molecular formula is CHClCoO3. The zero-order chi connectivity index (χ0) is 4.28. The number of halogens is 1. The van der Waals surface area contributed by atoms with Gasteiger partial charge in [-0.3, -0.25) is 0 Å². The van der Waals surface area contributed by atoms with Gasteiger partial charge in [0, 0.05) is 16.8 Å². The molecule has 5 heteroatoms. The summed E-state index contributed by atoms with van der Waals surface area (Å²) in [5.41, 5.74) is 0. The van der Waals surface area contributed by atoms with Crippen molar-refractivity contribution < 1.29 is 31.0 Å². The Bertz CT molecular complexity index is 46.1. The summed E-state index contributed by atoms with van der Waals surface area (Å²) in [6.07, 6.45) is -1.48. The second-order valence-corrected chi connectivity index (χ2v) is 0.497. The zero-order valence-electron chi connectivity index (χ0n) is 2.48. The standard InChI is InChI=1S/CHClO3.Co/c2-5-1(3)4;/h(H,3,4);. The van der Waals surface area contributed by atoms with Crippen LogP contribution in [0.3, 0.4) is 0 Å². The van der Waals surface area contributed by atoms with Gasteiger partial charge >= 0.3 is 6.16 Å². The Labute approximate surface area is 49.6 Å². The number of hydrogen-bond donors (Lipinski definition) is 1. The minimum absolute atomic E-state index is 0. The Morgan fingerprint density at radius 2 is 2.00 bits per heavy atom. The third-order valence-electron chi connectivity index (χ3n) is 0.0660. The van der Waals surface area contributed by atoms with E-state index in [1.165, 1.54) is 0 Å². The van der Waals surface area contributed by atoms with E-state index in [-0.39, 0.29) is 16.8 Å². The Morgan fingerprint density at radius 3 is 2.00 bits per heavy atom. The van der Waals surface area contributed by atoms with Crippen molar-refractivity contribution in [3.8, 4) is 0 Å². The molecule has 1 N–H and O–H groups in total. The molecule has 3 nitrogen and oxygen atoms in total. The van der Waals surface area contributed by atoms with Crippen LogP contribution < -0.4 is 0 Å². The molecule has 0 aromatic heterocycles. The molecule has 0 aromatic rings. The van der Waals surface area contributed by atoms with E-state index in [1.807, 2.05) is 0 Å². The Hall–Kier alpha value is 0.0665. The van der Waals surface area contributed by atoms with Crippen LogP contribution in [0.5, 0.6) is 0 Å². The van der Waals surface area contributed by atoms with Gasteiger partial charge in [-0.05, 0) is 0 Å². The van der Waals surface area contributed by atoms with Crippen molar-refractivity contribution in [3.05, 3.63) is 0 Å². The van der Waals surface area contributed by atoms with Crippen LogP contribution in [0.4, 0.5) is 4.79 Å². The second kappa shape index (κ2) is 5.07. The van der Waals surface area contributed by atoms with Crippen LogP contribution in [0.1, 0.15) is 0 Å². The van der Waals surface area contributed by atoms with Gasteiger partial charge in [-0.1, -0.05) is 0 Å². The van der Waals surface area contributed by atoms with E-state index < -0.39 is 6.16 Å². The fourth-order valence-corrected chi connectivity index (χ4v) is 0. The fourth-order valence-electron chi connectivity index (χ4n) is 0. The van der Waals surface area contributed by atoms with Crippen molar-refractivity contribution in [2.75, 3.05) is 0 Å². The van der Waals surface area contributed by atoms with Crippen LogP contribution in [-0.2, 0) is 21.1 Å². The number of hydrogen-bond acceptors (Lipinski definition) is 2. The summed E-state index contributed by atoms with van der Waals surface area (Å²) >= 11 is 4.24. The molecule has 0 aromatic carbocycles. The number of carbonyl (C=O) groups is 1. The largest absolute Gasteiger partial charge is 0.524 e. The summed E-state index contributed by atoms with van der Waals surface area (Å²) in [6.45, 7) is 0. The first kappa shape index (κ1) is 9.42. The van der Waals surface area contributed by atoms with Crippen molar-refractivity contribution in [2.24, 2.45) is 0 Å². The third kappa shape index (κ3) is 8.95. The van der Waals surface area contributed by atoms with Gasteiger partial charge in [0.1, 0.15) is 11.9 Å². The van der Waals surface area contributed by atoms with Gasteiger partial charge in [-0.25, -0.2) is 4.79 Å². The Balaban J connectivity index is 0. The van der Waals surface area contributed by atoms with Crippen molar-refractivity contribution in [2.45, 2.75) is 0 Å². The molecule has 0 aliphatic heterocycles. The van der Waals surface area contributed by atoms with E-state index in [0.717, 1.165) is 0 Å². The van der Waals surface area contributed by atoms with E-state index in [2.05, 4.69) is 16.2 Å². The first-order chi connectivity index (χ1) is 2.27. The van der Waals surface area contributed by atoms with Crippen LogP contribution in [-0.4, -0.2) is 11.3 Å².